The molecule has 7 heteroatoms. The monoisotopic (exact) mass is 295 g/mol. The van der Waals surface area contributed by atoms with Crippen molar-refractivity contribution in [3.8, 4) is 0 Å². The van der Waals surface area contributed by atoms with Gasteiger partial charge in [0.15, 0.2) is 5.16 Å². The van der Waals surface area contributed by atoms with E-state index in [9.17, 15) is 13.6 Å². The molecule has 1 N–H and O–H groups in total. The van der Waals surface area contributed by atoms with Crippen molar-refractivity contribution in [3.05, 3.63) is 47.8 Å². The van der Waals surface area contributed by atoms with E-state index in [2.05, 4.69) is 15.3 Å². The zero-order valence-electron chi connectivity index (χ0n) is 10.6. The fourth-order valence-corrected chi connectivity index (χ4v) is 2.08. The number of carbonyl (C=O) groups is 1. The Hall–Kier alpha value is -2.02. The Bertz CT molecular complexity index is 637. The first-order valence-corrected chi connectivity index (χ1v) is 6.70. The van der Waals surface area contributed by atoms with E-state index in [4.69, 9.17) is 0 Å². The summed E-state index contributed by atoms with van der Waals surface area (Å²) in [7, 11) is 0. The number of aromatic nitrogens is 2. The Morgan fingerprint density at radius 2 is 2.15 bits per heavy atom. The van der Waals surface area contributed by atoms with Crippen LogP contribution in [-0.4, -0.2) is 21.6 Å². The molecule has 0 saturated carbocycles. The summed E-state index contributed by atoms with van der Waals surface area (Å²) in [5.74, 6) is -1.87. The van der Waals surface area contributed by atoms with Gasteiger partial charge in [-0.05, 0) is 25.1 Å². The van der Waals surface area contributed by atoms with E-state index in [1.165, 1.54) is 6.07 Å². The Balaban J connectivity index is 1.92. The lowest BCUT2D eigenvalue weighted by atomic mass is 10.3. The fraction of sp³-hybridized carbons (Fsp3) is 0.154. The molecule has 0 fully saturated rings. The van der Waals surface area contributed by atoms with E-state index >= 15 is 0 Å². The third kappa shape index (κ3) is 3.99. The number of nitrogens with one attached hydrogen (secondary N) is 1. The van der Waals surface area contributed by atoms with Crippen molar-refractivity contribution >= 4 is 23.4 Å². The van der Waals surface area contributed by atoms with Crippen LogP contribution in [0.5, 0.6) is 0 Å². The summed E-state index contributed by atoms with van der Waals surface area (Å²) in [6, 6.07) is 4.72. The lowest BCUT2D eigenvalue weighted by molar-refractivity contribution is -0.113. The van der Waals surface area contributed by atoms with E-state index in [1.54, 1.807) is 12.3 Å². The highest BCUT2D eigenvalue weighted by Crippen LogP contribution is 2.17. The minimum atomic E-state index is -0.810. The average molecular weight is 295 g/mol. The zero-order valence-corrected chi connectivity index (χ0v) is 11.4. The summed E-state index contributed by atoms with van der Waals surface area (Å²) in [5.41, 5.74) is 0.745. The molecule has 0 saturated heterocycles. The van der Waals surface area contributed by atoms with E-state index < -0.39 is 17.5 Å². The number of thioether (sulfide) groups is 1. The highest BCUT2D eigenvalue weighted by molar-refractivity contribution is 7.99. The van der Waals surface area contributed by atoms with Crippen molar-refractivity contribution in [2.45, 2.75) is 12.1 Å². The molecule has 0 radical (unpaired) electrons. The Morgan fingerprint density at radius 1 is 1.35 bits per heavy atom. The molecule has 1 aromatic carbocycles. The van der Waals surface area contributed by atoms with Gasteiger partial charge < -0.3 is 5.32 Å². The number of carbonyl (C=O) groups excluding carboxylic acids is 1. The van der Waals surface area contributed by atoms with Gasteiger partial charge in [0.2, 0.25) is 5.91 Å². The van der Waals surface area contributed by atoms with Gasteiger partial charge in [0, 0.05) is 18.0 Å². The minimum Gasteiger partial charge on any atom is -0.323 e. The van der Waals surface area contributed by atoms with Crippen LogP contribution in [0.1, 0.15) is 5.69 Å². The van der Waals surface area contributed by atoms with Crippen molar-refractivity contribution in [3.63, 3.8) is 0 Å². The third-order valence-electron chi connectivity index (χ3n) is 2.31. The number of benzene rings is 1. The number of halogens is 2. The molecule has 1 amide bonds. The molecular formula is C13H11F2N3OS. The summed E-state index contributed by atoms with van der Waals surface area (Å²) < 4.78 is 26.1. The van der Waals surface area contributed by atoms with Crippen LogP contribution in [-0.2, 0) is 4.79 Å². The number of nitrogens with zero attached hydrogens (tertiary/aromatic N) is 2. The summed E-state index contributed by atoms with van der Waals surface area (Å²) in [5, 5.41) is 2.84. The van der Waals surface area contributed by atoms with Crippen molar-refractivity contribution in [2.24, 2.45) is 0 Å². The highest BCUT2D eigenvalue weighted by atomic mass is 32.2. The van der Waals surface area contributed by atoms with Gasteiger partial charge in [0.1, 0.15) is 11.6 Å². The topological polar surface area (TPSA) is 54.9 Å². The molecule has 1 heterocycles. The van der Waals surface area contributed by atoms with Crippen LogP contribution in [0.15, 0.2) is 35.6 Å². The average Bonchev–Trinajstić information content (AvgIpc) is 2.40. The second kappa shape index (κ2) is 6.42. The van der Waals surface area contributed by atoms with Gasteiger partial charge in [-0.25, -0.2) is 18.7 Å². The van der Waals surface area contributed by atoms with Crippen LogP contribution in [0.25, 0.3) is 0 Å². The molecule has 2 rings (SSSR count). The molecule has 4 nitrogen and oxygen atoms in total. The lowest BCUT2D eigenvalue weighted by Crippen LogP contribution is -2.15. The summed E-state index contributed by atoms with van der Waals surface area (Å²) in [6.45, 7) is 1.82. The molecule has 20 heavy (non-hydrogen) atoms. The standard InChI is InChI=1S/C13H11F2N3OS/c1-8-4-5-16-13(17-8)20-7-12(19)18-11-3-2-9(14)6-10(11)15/h2-6H,7H2,1H3,(H,18,19). The third-order valence-corrected chi connectivity index (χ3v) is 3.17. The van der Waals surface area contributed by atoms with Crippen LogP contribution in [0.2, 0.25) is 0 Å². The van der Waals surface area contributed by atoms with Crippen LogP contribution >= 0.6 is 11.8 Å². The molecule has 0 atom stereocenters. The zero-order chi connectivity index (χ0) is 14.5. The van der Waals surface area contributed by atoms with Gasteiger partial charge in [-0.3, -0.25) is 4.79 Å². The second-order valence-corrected chi connectivity index (χ2v) is 4.88. The molecule has 0 aliphatic heterocycles. The molecule has 2 aromatic rings. The molecule has 104 valence electrons. The first-order chi connectivity index (χ1) is 9.54. The molecule has 1 aromatic heterocycles. The number of rotatable bonds is 4. The molecule has 0 bridgehead atoms. The van der Waals surface area contributed by atoms with Gasteiger partial charge in [0.05, 0.1) is 11.4 Å². The van der Waals surface area contributed by atoms with E-state index in [0.717, 1.165) is 23.5 Å². The number of hydrogen-bond acceptors (Lipinski definition) is 4. The summed E-state index contributed by atoms with van der Waals surface area (Å²) in [6.07, 6.45) is 1.60. The molecular weight excluding hydrogens is 284 g/mol. The number of hydrogen-bond donors (Lipinski definition) is 1. The Labute approximate surface area is 118 Å². The van der Waals surface area contributed by atoms with Gasteiger partial charge in [-0.15, -0.1) is 0 Å². The number of aryl methyl sites for hydroxylation is 1. The highest BCUT2D eigenvalue weighted by Gasteiger charge is 2.09. The van der Waals surface area contributed by atoms with Crippen LogP contribution in [0.4, 0.5) is 14.5 Å². The van der Waals surface area contributed by atoms with Crippen LogP contribution in [0.3, 0.4) is 0 Å². The second-order valence-electron chi connectivity index (χ2n) is 3.94. The number of anilines is 1. The first kappa shape index (κ1) is 14.4. The fourth-order valence-electron chi connectivity index (χ4n) is 1.40. The van der Waals surface area contributed by atoms with Gasteiger partial charge in [-0.1, -0.05) is 11.8 Å². The lowest BCUT2D eigenvalue weighted by Gasteiger charge is -2.06. The maximum atomic E-state index is 13.3. The smallest absolute Gasteiger partial charge is 0.234 e. The Morgan fingerprint density at radius 3 is 2.85 bits per heavy atom. The molecule has 0 aliphatic carbocycles. The quantitative estimate of drug-likeness (QED) is 0.696. The molecule has 0 unspecified atom stereocenters. The predicted molar refractivity (Wildman–Crippen MR) is 72.5 cm³/mol. The normalized spacial score (nSPS) is 10.3. The molecule has 0 spiro atoms. The minimum absolute atomic E-state index is 0.0419. The van der Waals surface area contributed by atoms with Crippen LogP contribution in [0, 0.1) is 18.6 Å². The Kier molecular flexibility index (Phi) is 4.62. The largest absolute Gasteiger partial charge is 0.323 e. The van der Waals surface area contributed by atoms with Crippen LogP contribution < -0.4 is 5.32 Å². The predicted octanol–water partition coefficient (Wildman–Crippen LogP) is 2.79. The SMILES string of the molecule is Cc1ccnc(SCC(=O)Nc2ccc(F)cc2F)n1. The van der Waals surface area contributed by atoms with Crippen molar-refractivity contribution in [1.82, 2.24) is 9.97 Å². The summed E-state index contributed by atoms with van der Waals surface area (Å²) >= 11 is 1.14. The van der Waals surface area contributed by atoms with E-state index in [1.807, 2.05) is 6.92 Å². The van der Waals surface area contributed by atoms with Crippen molar-refractivity contribution in [1.29, 1.82) is 0 Å². The van der Waals surface area contributed by atoms with Gasteiger partial charge >= 0.3 is 0 Å². The maximum Gasteiger partial charge on any atom is 0.234 e. The van der Waals surface area contributed by atoms with Gasteiger partial charge in [-0.2, -0.15) is 0 Å². The van der Waals surface area contributed by atoms with Crippen molar-refractivity contribution < 1.29 is 13.6 Å². The van der Waals surface area contributed by atoms with E-state index in [0.29, 0.717) is 11.2 Å². The first-order valence-electron chi connectivity index (χ1n) is 5.72. The number of amides is 1. The maximum absolute atomic E-state index is 13.3. The van der Waals surface area contributed by atoms with Gasteiger partial charge in [0.25, 0.3) is 0 Å². The van der Waals surface area contributed by atoms with E-state index in [-0.39, 0.29) is 11.4 Å². The van der Waals surface area contributed by atoms with Crippen molar-refractivity contribution in [2.75, 3.05) is 11.1 Å². The summed E-state index contributed by atoms with van der Waals surface area (Å²) in [4.78, 5) is 19.8. The molecule has 0 aliphatic rings.